The first-order valence-electron chi connectivity index (χ1n) is 17.6. The minimum Gasteiger partial charge on any atom is -0.477 e. The number of alkyl halides is 1. The molecule has 5 aliphatic rings. The van der Waals surface area contributed by atoms with Crippen LogP contribution in [0.2, 0.25) is 0 Å². The second kappa shape index (κ2) is 12.9. The molecule has 2 aliphatic carbocycles. The molecular formula is C36H45FN4O7S. The summed E-state index contributed by atoms with van der Waals surface area (Å²) in [4.78, 5) is 48.1. The van der Waals surface area contributed by atoms with Crippen molar-refractivity contribution in [3.8, 4) is 11.8 Å². The molecule has 0 unspecified atom stereocenters. The Morgan fingerprint density at radius 3 is 2.69 bits per heavy atom. The fraction of sp³-hybridized carbons (Fsp3) is 0.611. The first kappa shape index (κ1) is 33.7. The predicted molar refractivity (Wildman–Crippen MR) is 180 cm³/mol. The number of amides is 3. The summed E-state index contributed by atoms with van der Waals surface area (Å²) < 4.78 is 52.7. The number of sulfonamides is 1. The van der Waals surface area contributed by atoms with Gasteiger partial charge in [-0.2, -0.15) is 4.98 Å². The largest absolute Gasteiger partial charge is 0.477 e. The van der Waals surface area contributed by atoms with Crippen LogP contribution < -0.4 is 19.5 Å². The van der Waals surface area contributed by atoms with Crippen molar-refractivity contribution in [2.75, 3.05) is 19.8 Å². The molecule has 0 bridgehead atoms. The van der Waals surface area contributed by atoms with E-state index in [1.807, 2.05) is 43.3 Å². The summed E-state index contributed by atoms with van der Waals surface area (Å²) in [5.41, 5.74) is -0.503. The molecule has 0 radical (unpaired) electrons. The molecule has 11 nitrogen and oxygen atoms in total. The molecule has 6 atom stereocenters. The van der Waals surface area contributed by atoms with Gasteiger partial charge in [0.25, 0.3) is 5.91 Å². The second-order valence-electron chi connectivity index (χ2n) is 14.9. The number of ether oxygens (including phenoxy) is 2. The topological polar surface area (TPSA) is 144 Å². The minimum absolute atomic E-state index is 0.0877. The lowest BCUT2D eigenvalue weighted by atomic mass is 9.91. The highest BCUT2D eigenvalue weighted by molar-refractivity contribution is 7.91. The smallest absolute Gasteiger partial charge is 0.259 e. The van der Waals surface area contributed by atoms with Crippen molar-refractivity contribution in [3.63, 3.8) is 0 Å². The summed E-state index contributed by atoms with van der Waals surface area (Å²) in [6.07, 6.45) is 8.33. The van der Waals surface area contributed by atoms with E-state index in [0.717, 1.165) is 48.4 Å². The fourth-order valence-corrected chi connectivity index (χ4v) is 9.29. The van der Waals surface area contributed by atoms with Gasteiger partial charge in [0.2, 0.25) is 33.6 Å². The van der Waals surface area contributed by atoms with Crippen molar-refractivity contribution in [2.45, 2.75) is 100 Å². The zero-order valence-corrected chi connectivity index (χ0v) is 28.9. The van der Waals surface area contributed by atoms with Gasteiger partial charge in [0.1, 0.15) is 29.1 Å². The molecule has 3 fully saturated rings. The number of nitrogens with one attached hydrogen (secondary N) is 2. The highest BCUT2D eigenvalue weighted by atomic mass is 32.2. The molecule has 2 N–H and O–H groups in total. The Hall–Kier alpha value is -3.74. The molecule has 3 aliphatic heterocycles. The summed E-state index contributed by atoms with van der Waals surface area (Å²) in [7, 11) is -4.30. The van der Waals surface area contributed by atoms with Crippen LogP contribution in [0, 0.1) is 17.8 Å². The molecule has 1 aromatic heterocycles. The van der Waals surface area contributed by atoms with E-state index in [2.05, 4.69) is 17.0 Å². The predicted octanol–water partition coefficient (Wildman–Crippen LogP) is 4.13. The van der Waals surface area contributed by atoms with Crippen molar-refractivity contribution in [2.24, 2.45) is 17.8 Å². The number of nitrogens with zero attached hydrogens (tertiary/aromatic N) is 2. The summed E-state index contributed by atoms with van der Waals surface area (Å²) in [5.74, 6) is -0.735. The highest BCUT2D eigenvalue weighted by Crippen LogP contribution is 2.48. The molecule has 2 aromatic rings. The Kier molecular flexibility index (Phi) is 8.85. The number of hydrogen-bond donors (Lipinski definition) is 2. The maximum absolute atomic E-state index is 14.2. The highest BCUT2D eigenvalue weighted by Gasteiger charge is 2.64. The van der Waals surface area contributed by atoms with Gasteiger partial charge in [-0.15, -0.1) is 0 Å². The lowest BCUT2D eigenvalue weighted by molar-refractivity contribution is -0.140. The normalized spacial score (nSPS) is 31.9. The van der Waals surface area contributed by atoms with Crippen LogP contribution in [0.1, 0.15) is 77.2 Å². The summed E-state index contributed by atoms with van der Waals surface area (Å²) in [6.45, 7) is 3.81. The summed E-state index contributed by atoms with van der Waals surface area (Å²) in [5, 5.41) is 4.68. The number of carbonyl (C=O) groups excluding carboxylic acids is 3. The number of aromatic nitrogens is 1. The van der Waals surface area contributed by atoms with E-state index in [4.69, 9.17) is 14.5 Å². The molecule has 49 heavy (non-hydrogen) atoms. The van der Waals surface area contributed by atoms with Crippen LogP contribution in [0.4, 0.5) is 4.39 Å². The van der Waals surface area contributed by atoms with Crippen molar-refractivity contribution in [3.05, 3.63) is 42.0 Å². The lowest BCUT2D eigenvalue weighted by Gasteiger charge is -2.28. The zero-order chi connectivity index (χ0) is 34.6. The minimum atomic E-state index is -4.30. The second-order valence-corrected chi connectivity index (χ2v) is 17.0. The number of hydrogen-bond acceptors (Lipinski definition) is 8. The van der Waals surface area contributed by atoms with E-state index < -0.39 is 56.9 Å². The maximum Gasteiger partial charge on any atom is 0.259 e. The van der Waals surface area contributed by atoms with E-state index in [9.17, 15) is 27.2 Å². The van der Waals surface area contributed by atoms with Crippen molar-refractivity contribution < 1.29 is 36.7 Å². The lowest BCUT2D eigenvalue weighted by Crippen LogP contribution is -2.57. The number of carbonyl (C=O) groups is 3. The van der Waals surface area contributed by atoms with Crippen LogP contribution in [0.25, 0.3) is 10.8 Å². The number of benzene rings is 1. The van der Waals surface area contributed by atoms with Gasteiger partial charge in [0.15, 0.2) is 0 Å². The molecule has 1 aromatic carbocycles. The number of allylic oxidation sites excluding steroid dienone is 1. The Morgan fingerprint density at radius 1 is 1.16 bits per heavy atom. The van der Waals surface area contributed by atoms with E-state index in [-0.39, 0.29) is 50.5 Å². The van der Waals surface area contributed by atoms with E-state index in [0.29, 0.717) is 24.3 Å². The molecule has 1 saturated heterocycles. The first-order chi connectivity index (χ1) is 23.4. The average Bonchev–Trinajstić information content (AvgIpc) is 3.98. The molecule has 2 saturated carbocycles. The van der Waals surface area contributed by atoms with Gasteiger partial charge < -0.3 is 19.7 Å². The van der Waals surface area contributed by atoms with Crippen LogP contribution in [0.5, 0.6) is 11.8 Å². The van der Waals surface area contributed by atoms with Gasteiger partial charge in [-0.3, -0.25) is 19.1 Å². The number of halogens is 1. The van der Waals surface area contributed by atoms with Crippen molar-refractivity contribution in [1.82, 2.24) is 19.9 Å². The molecule has 13 heteroatoms. The SMILES string of the molecule is C[C@H]1CC/C=C\[C@@H]2C[C@@]2(C(=O)NS(=O)(=O)C2(CF)CC2)NC(=O)[C@@H]2C[C@@H](Oc3nc4c(c5ccccc35)CCCO4)CN2C(=O)C[C@H](C)C1. The zero-order valence-electron chi connectivity index (χ0n) is 28.1. The van der Waals surface area contributed by atoms with Gasteiger partial charge in [0, 0.05) is 29.7 Å². The molecule has 7 rings (SSSR count). The number of fused-ring (bicyclic) bond motifs is 5. The van der Waals surface area contributed by atoms with Crippen LogP contribution in [0.3, 0.4) is 0 Å². The number of aryl methyl sites for hydroxylation is 1. The van der Waals surface area contributed by atoms with Crippen LogP contribution in [0.15, 0.2) is 36.4 Å². The van der Waals surface area contributed by atoms with Gasteiger partial charge in [-0.05, 0) is 74.7 Å². The molecular weight excluding hydrogens is 651 g/mol. The first-order valence-corrected chi connectivity index (χ1v) is 19.1. The van der Waals surface area contributed by atoms with E-state index in [1.54, 1.807) is 0 Å². The Balaban J connectivity index is 1.18. The van der Waals surface area contributed by atoms with Gasteiger partial charge >= 0.3 is 0 Å². The third-order valence-electron chi connectivity index (χ3n) is 11.1. The average molecular weight is 697 g/mol. The van der Waals surface area contributed by atoms with Crippen LogP contribution in [-0.4, -0.2) is 78.3 Å². The monoisotopic (exact) mass is 696 g/mol. The Bertz CT molecular complexity index is 1800. The van der Waals surface area contributed by atoms with Crippen molar-refractivity contribution in [1.29, 1.82) is 0 Å². The standard InChI is InChI=1S/C36H45FN4O7S/c1-22-8-3-4-9-24-19-36(24,34(44)40-49(45,46)35(21-37)13-14-35)39-31(43)29-18-25(20-41(29)30(42)17-23(2)16-22)48-33-28-11-6-5-10-26(28)27-12-7-15-47-32(27)38-33/h4-6,9-11,22-25,29H,3,7-8,12-21H2,1-2H3,(H,39,43)(H,40,44)/b9-4-/t22-,23+,24+,25+,29-,36+/m0/s1. The van der Waals surface area contributed by atoms with Crippen LogP contribution >= 0.6 is 0 Å². The maximum atomic E-state index is 14.2. The number of pyridine rings is 1. The fourth-order valence-electron chi connectivity index (χ4n) is 7.87. The Labute approximate surface area is 286 Å². The summed E-state index contributed by atoms with van der Waals surface area (Å²) >= 11 is 0. The van der Waals surface area contributed by atoms with Gasteiger partial charge in [-0.25, -0.2) is 12.8 Å². The Morgan fingerprint density at radius 2 is 1.94 bits per heavy atom. The van der Waals surface area contributed by atoms with Gasteiger partial charge in [0.05, 0.1) is 13.2 Å². The quantitative estimate of drug-likeness (QED) is 0.430. The third-order valence-corrected chi connectivity index (χ3v) is 13.2. The van der Waals surface area contributed by atoms with E-state index in [1.165, 1.54) is 4.90 Å². The van der Waals surface area contributed by atoms with E-state index >= 15 is 0 Å². The van der Waals surface area contributed by atoms with Gasteiger partial charge in [-0.1, -0.05) is 44.2 Å². The molecule has 0 spiro atoms. The molecule has 264 valence electrons. The van der Waals surface area contributed by atoms with Crippen LogP contribution in [-0.2, 0) is 30.8 Å². The molecule has 4 heterocycles. The third kappa shape index (κ3) is 6.39. The summed E-state index contributed by atoms with van der Waals surface area (Å²) in [6, 6.07) is 6.86. The molecule has 3 amide bonds. The van der Waals surface area contributed by atoms with Crippen molar-refractivity contribution >= 4 is 38.5 Å². The number of rotatable bonds is 6.